The van der Waals surface area contributed by atoms with Gasteiger partial charge in [-0.3, -0.25) is 4.79 Å². The van der Waals surface area contributed by atoms with E-state index in [-0.39, 0.29) is 5.91 Å². The molecule has 4 heteroatoms. The summed E-state index contributed by atoms with van der Waals surface area (Å²) in [5, 5.41) is 3.46. The monoisotopic (exact) mass is 337 g/mol. The van der Waals surface area contributed by atoms with Crippen molar-refractivity contribution < 1.29 is 4.79 Å². The van der Waals surface area contributed by atoms with Crippen LogP contribution >= 0.6 is 27.5 Å². The molecule has 0 saturated heterocycles. The molecule has 1 amide bonds. The molecule has 0 heterocycles. The van der Waals surface area contributed by atoms with Crippen LogP contribution in [-0.4, -0.2) is 5.91 Å². The molecule has 98 valence electrons. The van der Waals surface area contributed by atoms with Crippen molar-refractivity contribution >= 4 is 39.1 Å². The highest BCUT2D eigenvalue weighted by molar-refractivity contribution is 9.10. The summed E-state index contributed by atoms with van der Waals surface area (Å²) in [4.78, 5) is 12.2. The number of benzene rings is 2. The fourth-order valence-electron chi connectivity index (χ4n) is 1.66. The topological polar surface area (TPSA) is 29.1 Å². The number of hydrogen-bond acceptors (Lipinski definition) is 1. The fourth-order valence-corrected chi connectivity index (χ4v) is 2.19. The second-order valence-corrected chi connectivity index (χ2v) is 5.66. The molecule has 0 unspecified atom stereocenters. The second kappa shape index (κ2) is 5.76. The standard InChI is InChI=1S/C15H13BrClNO/c1-9-3-6-12(16)14(7-9)18-15(19)11-5-4-10(2)13(17)8-11/h3-8H,1-2H3,(H,18,19). The Labute approximate surface area is 125 Å². The molecule has 0 spiro atoms. The van der Waals surface area contributed by atoms with E-state index in [1.54, 1.807) is 12.1 Å². The van der Waals surface area contributed by atoms with Crippen LogP contribution in [0.15, 0.2) is 40.9 Å². The summed E-state index contributed by atoms with van der Waals surface area (Å²) in [7, 11) is 0. The molecule has 0 aromatic heterocycles. The molecule has 0 bridgehead atoms. The first-order valence-electron chi connectivity index (χ1n) is 5.81. The van der Waals surface area contributed by atoms with E-state index < -0.39 is 0 Å². The van der Waals surface area contributed by atoms with Gasteiger partial charge in [0.05, 0.1) is 5.69 Å². The van der Waals surface area contributed by atoms with Crippen LogP contribution in [0, 0.1) is 13.8 Å². The maximum atomic E-state index is 12.2. The molecule has 2 aromatic rings. The number of halogens is 2. The van der Waals surface area contributed by atoms with Gasteiger partial charge in [0.1, 0.15) is 0 Å². The van der Waals surface area contributed by atoms with E-state index in [4.69, 9.17) is 11.6 Å². The Bertz CT molecular complexity index is 640. The lowest BCUT2D eigenvalue weighted by Crippen LogP contribution is -2.12. The molecule has 1 N–H and O–H groups in total. The second-order valence-electron chi connectivity index (χ2n) is 4.40. The van der Waals surface area contributed by atoms with Crippen LogP contribution in [0.25, 0.3) is 0 Å². The fraction of sp³-hybridized carbons (Fsp3) is 0.133. The first-order valence-corrected chi connectivity index (χ1v) is 6.98. The molecule has 2 aromatic carbocycles. The van der Waals surface area contributed by atoms with Crippen LogP contribution in [-0.2, 0) is 0 Å². The summed E-state index contributed by atoms with van der Waals surface area (Å²) < 4.78 is 0.852. The van der Waals surface area contributed by atoms with Gasteiger partial charge in [-0.25, -0.2) is 0 Å². The van der Waals surface area contributed by atoms with Crippen LogP contribution in [0.2, 0.25) is 5.02 Å². The summed E-state index contributed by atoms with van der Waals surface area (Å²) in [6.45, 7) is 3.88. The quantitative estimate of drug-likeness (QED) is 0.823. The summed E-state index contributed by atoms with van der Waals surface area (Å²) >= 11 is 9.44. The van der Waals surface area contributed by atoms with E-state index in [2.05, 4.69) is 21.2 Å². The number of rotatable bonds is 2. The third-order valence-electron chi connectivity index (χ3n) is 2.80. The highest BCUT2D eigenvalue weighted by Gasteiger charge is 2.09. The molecule has 2 nitrogen and oxygen atoms in total. The zero-order valence-electron chi connectivity index (χ0n) is 10.6. The number of amides is 1. The van der Waals surface area contributed by atoms with Crippen molar-refractivity contribution in [2.45, 2.75) is 13.8 Å². The summed E-state index contributed by atoms with van der Waals surface area (Å²) in [6, 6.07) is 11.1. The van der Waals surface area contributed by atoms with Gasteiger partial charge < -0.3 is 5.32 Å². The zero-order chi connectivity index (χ0) is 14.0. The Morgan fingerprint density at radius 2 is 1.89 bits per heavy atom. The van der Waals surface area contributed by atoms with Crippen molar-refractivity contribution in [1.82, 2.24) is 0 Å². The smallest absolute Gasteiger partial charge is 0.255 e. The molecule has 0 atom stereocenters. The number of aryl methyl sites for hydroxylation is 2. The van der Waals surface area contributed by atoms with Crippen LogP contribution < -0.4 is 5.32 Å². The highest BCUT2D eigenvalue weighted by Crippen LogP contribution is 2.24. The number of anilines is 1. The van der Waals surface area contributed by atoms with E-state index >= 15 is 0 Å². The van der Waals surface area contributed by atoms with Crippen LogP contribution in [0.1, 0.15) is 21.5 Å². The molecule has 0 radical (unpaired) electrons. The van der Waals surface area contributed by atoms with Gasteiger partial charge in [0.25, 0.3) is 5.91 Å². The molecule has 0 fully saturated rings. The third kappa shape index (κ3) is 3.37. The van der Waals surface area contributed by atoms with E-state index in [0.717, 1.165) is 21.3 Å². The van der Waals surface area contributed by atoms with Gasteiger partial charge >= 0.3 is 0 Å². The van der Waals surface area contributed by atoms with Gasteiger partial charge in [-0.15, -0.1) is 0 Å². The Kier molecular flexibility index (Phi) is 4.27. The Morgan fingerprint density at radius 1 is 1.16 bits per heavy atom. The molecule has 19 heavy (non-hydrogen) atoms. The van der Waals surface area contributed by atoms with Gasteiger partial charge in [0.2, 0.25) is 0 Å². The van der Waals surface area contributed by atoms with Crippen molar-refractivity contribution in [2.24, 2.45) is 0 Å². The van der Waals surface area contributed by atoms with Crippen molar-refractivity contribution in [3.05, 3.63) is 62.6 Å². The van der Waals surface area contributed by atoms with Gasteiger partial charge in [-0.05, 0) is 65.2 Å². The summed E-state index contributed by atoms with van der Waals surface area (Å²) in [6.07, 6.45) is 0. The number of carbonyl (C=O) groups is 1. The van der Waals surface area contributed by atoms with Gasteiger partial charge in [-0.2, -0.15) is 0 Å². The molecule has 0 aliphatic carbocycles. The summed E-state index contributed by atoms with van der Waals surface area (Å²) in [5.41, 5.74) is 3.33. The van der Waals surface area contributed by atoms with Crippen molar-refractivity contribution in [1.29, 1.82) is 0 Å². The molecular weight excluding hydrogens is 326 g/mol. The van der Waals surface area contributed by atoms with Crippen LogP contribution in [0.4, 0.5) is 5.69 Å². The Hall–Kier alpha value is -1.32. The van der Waals surface area contributed by atoms with Gasteiger partial charge in [0.15, 0.2) is 0 Å². The molecule has 0 saturated carbocycles. The van der Waals surface area contributed by atoms with Crippen molar-refractivity contribution in [3.8, 4) is 0 Å². The van der Waals surface area contributed by atoms with E-state index in [9.17, 15) is 4.79 Å². The zero-order valence-corrected chi connectivity index (χ0v) is 13.0. The van der Waals surface area contributed by atoms with Crippen molar-refractivity contribution in [3.63, 3.8) is 0 Å². The molecule has 2 rings (SSSR count). The third-order valence-corrected chi connectivity index (χ3v) is 3.90. The van der Waals surface area contributed by atoms with E-state index in [1.807, 2.05) is 38.1 Å². The molecular formula is C15H13BrClNO. The number of hydrogen-bond donors (Lipinski definition) is 1. The SMILES string of the molecule is Cc1ccc(Br)c(NC(=O)c2ccc(C)c(Cl)c2)c1. The number of carbonyl (C=O) groups excluding carboxylic acids is 1. The van der Waals surface area contributed by atoms with Crippen LogP contribution in [0.3, 0.4) is 0 Å². The normalized spacial score (nSPS) is 10.3. The average molecular weight is 339 g/mol. The minimum Gasteiger partial charge on any atom is -0.321 e. The lowest BCUT2D eigenvalue weighted by Gasteiger charge is -2.09. The maximum Gasteiger partial charge on any atom is 0.255 e. The first kappa shape index (κ1) is 14.1. The van der Waals surface area contributed by atoms with Gasteiger partial charge in [0, 0.05) is 15.1 Å². The number of nitrogens with one attached hydrogen (secondary N) is 1. The predicted octanol–water partition coefficient (Wildman–Crippen LogP) is 4.97. The molecule has 0 aliphatic rings. The molecule has 0 aliphatic heterocycles. The van der Waals surface area contributed by atoms with Crippen molar-refractivity contribution in [2.75, 3.05) is 5.32 Å². The lowest BCUT2D eigenvalue weighted by atomic mass is 10.1. The lowest BCUT2D eigenvalue weighted by molar-refractivity contribution is 0.102. The van der Waals surface area contributed by atoms with Crippen LogP contribution in [0.5, 0.6) is 0 Å². The average Bonchev–Trinajstić information content (AvgIpc) is 2.37. The summed E-state index contributed by atoms with van der Waals surface area (Å²) in [5.74, 6) is -0.173. The Balaban J connectivity index is 2.25. The first-order chi connectivity index (χ1) is 8.97. The maximum absolute atomic E-state index is 12.2. The Morgan fingerprint density at radius 3 is 2.58 bits per heavy atom. The largest absolute Gasteiger partial charge is 0.321 e. The highest BCUT2D eigenvalue weighted by atomic mass is 79.9. The van der Waals surface area contributed by atoms with E-state index in [0.29, 0.717) is 10.6 Å². The minimum atomic E-state index is -0.173. The minimum absolute atomic E-state index is 0.173. The predicted molar refractivity (Wildman–Crippen MR) is 83.0 cm³/mol. The van der Waals surface area contributed by atoms with E-state index in [1.165, 1.54) is 0 Å². The van der Waals surface area contributed by atoms with Gasteiger partial charge in [-0.1, -0.05) is 23.7 Å².